The van der Waals surface area contributed by atoms with Gasteiger partial charge in [-0.05, 0) is 32.6 Å². The molecule has 1 atom stereocenters. The fourth-order valence-electron chi connectivity index (χ4n) is 2.12. The number of ether oxygens (including phenoxy) is 1. The lowest BCUT2D eigenvalue weighted by Gasteiger charge is -2.08. The van der Waals surface area contributed by atoms with Crippen LogP contribution in [0.5, 0.6) is 0 Å². The molecule has 0 aliphatic heterocycles. The third kappa shape index (κ3) is 13.3. The molecule has 0 radical (unpaired) electrons. The number of carbonyl (C=O) groups is 1. The Morgan fingerprint density at radius 3 is 1.94 bits per heavy atom. The van der Waals surface area contributed by atoms with Crippen molar-refractivity contribution in [1.82, 2.24) is 0 Å². The van der Waals surface area contributed by atoms with E-state index in [4.69, 9.17) is 4.74 Å². The standard InChI is InChI=1S/C16H30O2/c1-3-4-5-6-7-8-9-10-11-12-13-14-16(2)18-15-17/h3,15-16H,1,4-14H2,2H3. The van der Waals surface area contributed by atoms with Gasteiger partial charge < -0.3 is 4.74 Å². The summed E-state index contributed by atoms with van der Waals surface area (Å²) in [7, 11) is 0. The second kappa shape index (κ2) is 14.3. The predicted molar refractivity (Wildman–Crippen MR) is 77.6 cm³/mol. The molecule has 0 aromatic carbocycles. The van der Waals surface area contributed by atoms with E-state index < -0.39 is 0 Å². The minimum absolute atomic E-state index is 0.0901. The molecule has 0 aliphatic rings. The monoisotopic (exact) mass is 254 g/mol. The topological polar surface area (TPSA) is 26.3 Å². The number of rotatable bonds is 14. The van der Waals surface area contributed by atoms with E-state index in [1.165, 1.54) is 64.2 Å². The molecule has 0 heterocycles. The van der Waals surface area contributed by atoms with E-state index in [1.807, 2.05) is 13.0 Å². The molecule has 0 fully saturated rings. The first-order valence-electron chi connectivity index (χ1n) is 7.51. The van der Waals surface area contributed by atoms with Crippen LogP contribution in [0.15, 0.2) is 12.7 Å². The van der Waals surface area contributed by atoms with Gasteiger partial charge in [-0.25, -0.2) is 0 Å². The van der Waals surface area contributed by atoms with Crippen LogP contribution in [0.4, 0.5) is 0 Å². The molecule has 0 aromatic heterocycles. The number of hydrogen-bond acceptors (Lipinski definition) is 2. The van der Waals surface area contributed by atoms with Crippen LogP contribution < -0.4 is 0 Å². The molecule has 1 unspecified atom stereocenters. The Bertz CT molecular complexity index is 190. The minimum Gasteiger partial charge on any atom is -0.465 e. The molecule has 0 bridgehead atoms. The maximum atomic E-state index is 10.1. The molecular weight excluding hydrogens is 224 g/mol. The molecule has 0 amide bonds. The van der Waals surface area contributed by atoms with Gasteiger partial charge in [0, 0.05) is 0 Å². The van der Waals surface area contributed by atoms with Crippen LogP contribution in [-0.2, 0) is 9.53 Å². The SMILES string of the molecule is C=CCCCCCCCCCCCC(C)OC=O. The van der Waals surface area contributed by atoms with Gasteiger partial charge in [0.05, 0.1) is 6.10 Å². The zero-order valence-corrected chi connectivity index (χ0v) is 12.0. The van der Waals surface area contributed by atoms with Gasteiger partial charge in [-0.1, -0.05) is 51.0 Å². The third-order valence-electron chi connectivity index (χ3n) is 3.31. The van der Waals surface area contributed by atoms with Gasteiger partial charge in [0.2, 0.25) is 0 Å². The molecule has 0 aliphatic carbocycles. The van der Waals surface area contributed by atoms with Crippen molar-refractivity contribution in [1.29, 1.82) is 0 Å². The zero-order chi connectivity index (χ0) is 13.5. The van der Waals surface area contributed by atoms with Crippen molar-refractivity contribution < 1.29 is 9.53 Å². The van der Waals surface area contributed by atoms with Crippen molar-refractivity contribution in [3.05, 3.63) is 12.7 Å². The first-order valence-corrected chi connectivity index (χ1v) is 7.51. The van der Waals surface area contributed by atoms with E-state index in [9.17, 15) is 4.79 Å². The highest BCUT2D eigenvalue weighted by Gasteiger charge is 2.00. The molecule has 2 nitrogen and oxygen atoms in total. The largest absolute Gasteiger partial charge is 0.465 e. The second-order valence-electron chi connectivity index (χ2n) is 5.09. The molecule has 106 valence electrons. The molecule has 0 saturated heterocycles. The highest BCUT2D eigenvalue weighted by Crippen LogP contribution is 2.12. The van der Waals surface area contributed by atoms with E-state index in [2.05, 4.69) is 6.58 Å². The fourth-order valence-corrected chi connectivity index (χ4v) is 2.12. The molecule has 0 spiro atoms. The summed E-state index contributed by atoms with van der Waals surface area (Å²) in [6.45, 7) is 6.24. The van der Waals surface area contributed by atoms with Crippen molar-refractivity contribution >= 4 is 6.47 Å². The molecular formula is C16H30O2. The Balaban J connectivity index is 3.02. The Kier molecular flexibility index (Phi) is 13.6. The number of unbranched alkanes of at least 4 members (excludes halogenated alkanes) is 9. The van der Waals surface area contributed by atoms with Gasteiger partial charge in [0.25, 0.3) is 6.47 Å². The first-order chi connectivity index (χ1) is 8.81. The summed E-state index contributed by atoms with van der Waals surface area (Å²) in [5, 5.41) is 0. The Labute approximate surface area is 113 Å². The van der Waals surface area contributed by atoms with Crippen LogP contribution in [0.2, 0.25) is 0 Å². The van der Waals surface area contributed by atoms with Crippen LogP contribution in [-0.4, -0.2) is 12.6 Å². The van der Waals surface area contributed by atoms with E-state index >= 15 is 0 Å². The van der Waals surface area contributed by atoms with E-state index in [-0.39, 0.29) is 6.10 Å². The average molecular weight is 254 g/mol. The highest BCUT2D eigenvalue weighted by atomic mass is 16.5. The van der Waals surface area contributed by atoms with Gasteiger partial charge in [-0.3, -0.25) is 4.79 Å². The number of carbonyl (C=O) groups excluding carboxylic acids is 1. The Hall–Kier alpha value is -0.790. The maximum absolute atomic E-state index is 10.1. The van der Waals surface area contributed by atoms with Crippen molar-refractivity contribution in [3.8, 4) is 0 Å². The van der Waals surface area contributed by atoms with Crippen LogP contribution >= 0.6 is 0 Å². The lowest BCUT2D eigenvalue weighted by atomic mass is 10.0. The quantitative estimate of drug-likeness (QED) is 0.247. The lowest BCUT2D eigenvalue weighted by Crippen LogP contribution is -2.05. The highest BCUT2D eigenvalue weighted by molar-refractivity contribution is 5.37. The second-order valence-corrected chi connectivity index (χ2v) is 5.09. The third-order valence-corrected chi connectivity index (χ3v) is 3.31. The normalized spacial score (nSPS) is 12.1. The van der Waals surface area contributed by atoms with Gasteiger partial charge in [-0.2, -0.15) is 0 Å². The Morgan fingerprint density at radius 2 is 1.44 bits per heavy atom. The predicted octanol–water partition coefficient (Wildman–Crippen LogP) is 5.03. The summed E-state index contributed by atoms with van der Waals surface area (Å²) in [5.41, 5.74) is 0. The smallest absolute Gasteiger partial charge is 0.293 e. The van der Waals surface area contributed by atoms with Gasteiger partial charge >= 0.3 is 0 Å². The molecule has 2 heteroatoms. The molecule has 0 aromatic rings. The molecule has 18 heavy (non-hydrogen) atoms. The first kappa shape index (κ1) is 17.2. The summed E-state index contributed by atoms with van der Waals surface area (Å²) in [6, 6.07) is 0. The zero-order valence-electron chi connectivity index (χ0n) is 12.0. The molecule has 0 rings (SSSR count). The molecule has 0 N–H and O–H groups in total. The van der Waals surface area contributed by atoms with Crippen molar-refractivity contribution in [2.45, 2.75) is 83.7 Å². The van der Waals surface area contributed by atoms with Gasteiger partial charge in [-0.15, -0.1) is 6.58 Å². The Morgan fingerprint density at radius 1 is 0.944 bits per heavy atom. The summed E-state index contributed by atoms with van der Waals surface area (Å²) in [4.78, 5) is 10.1. The van der Waals surface area contributed by atoms with Crippen molar-refractivity contribution in [2.75, 3.05) is 0 Å². The van der Waals surface area contributed by atoms with Crippen LogP contribution in [0.25, 0.3) is 0 Å². The van der Waals surface area contributed by atoms with Crippen molar-refractivity contribution in [2.24, 2.45) is 0 Å². The fraction of sp³-hybridized carbons (Fsp3) is 0.812. The van der Waals surface area contributed by atoms with Crippen molar-refractivity contribution in [3.63, 3.8) is 0 Å². The van der Waals surface area contributed by atoms with Crippen LogP contribution in [0.3, 0.4) is 0 Å². The molecule has 0 saturated carbocycles. The summed E-state index contributed by atoms with van der Waals surface area (Å²) >= 11 is 0. The van der Waals surface area contributed by atoms with Gasteiger partial charge in [0.15, 0.2) is 0 Å². The van der Waals surface area contributed by atoms with Gasteiger partial charge in [0.1, 0.15) is 0 Å². The van der Waals surface area contributed by atoms with E-state index in [0.717, 1.165) is 6.42 Å². The maximum Gasteiger partial charge on any atom is 0.293 e. The summed E-state index contributed by atoms with van der Waals surface area (Å²) < 4.78 is 4.85. The van der Waals surface area contributed by atoms with E-state index in [1.54, 1.807) is 0 Å². The summed E-state index contributed by atoms with van der Waals surface area (Å²) in [5.74, 6) is 0. The van der Waals surface area contributed by atoms with Crippen LogP contribution in [0.1, 0.15) is 77.6 Å². The lowest BCUT2D eigenvalue weighted by molar-refractivity contribution is -0.133. The minimum atomic E-state index is 0.0901. The summed E-state index contributed by atoms with van der Waals surface area (Å²) in [6.07, 6.45) is 16.2. The van der Waals surface area contributed by atoms with E-state index in [0.29, 0.717) is 6.47 Å². The number of hydrogen-bond donors (Lipinski definition) is 0. The van der Waals surface area contributed by atoms with Crippen LogP contribution in [0, 0.1) is 0 Å². The number of allylic oxidation sites excluding steroid dienone is 1. The average Bonchev–Trinajstić information content (AvgIpc) is 2.36.